The van der Waals surface area contributed by atoms with Crippen LogP contribution in [0.25, 0.3) is 0 Å². The summed E-state index contributed by atoms with van der Waals surface area (Å²) in [6.07, 6.45) is 1.84. The number of hydrogen-bond acceptors (Lipinski definition) is 5. The van der Waals surface area contributed by atoms with Gasteiger partial charge in [-0.2, -0.15) is 0 Å². The van der Waals surface area contributed by atoms with Crippen molar-refractivity contribution < 1.29 is 24.2 Å². The van der Waals surface area contributed by atoms with Crippen molar-refractivity contribution in [3.05, 3.63) is 24.3 Å². The van der Waals surface area contributed by atoms with Crippen LogP contribution in [0.15, 0.2) is 24.3 Å². The molecule has 1 aromatic carbocycles. The second-order valence-electron chi connectivity index (χ2n) is 3.69. The van der Waals surface area contributed by atoms with Crippen LogP contribution < -0.4 is 19.4 Å². The van der Waals surface area contributed by atoms with E-state index < -0.39 is 7.32 Å². The summed E-state index contributed by atoms with van der Waals surface area (Å²) in [5.74, 6) is 0.926. The molecule has 0 atom stereocenters. The van der Waals surface area contributed by atoms with Crippen LogP contribution in [0, 0.1) is 0 Å². The lowest BCUT2D eigenvalue weighted by Crippen LogP contribution is -2.50. The molecule has 0 aromatic heterocycles. The van der Waals surface area contributed by atoms with Gasteiger partial charge in [-0.25, -0.2) is 0 Å². The summed E-state index contributed by atoms with van der Waals surface area (Å²) >= 11 is 0. The highest BCUT2D eigenvalue weighted by Crippen LogP contribution is 2.17. The van der Waals surface area contributed by atoms with Crippen molar-refractivity contribution in [2.24, 2.45) is 0 Å². The Balaban J connectivity index is 2.18. The van der Waals surface area contributed by atoms with Gasteiger partial charge in [0.1, 0.15) is 13.1 Å². The Labute approximate surface area is 107 Å². The molecule has 6 heteroatoms. The molecule has 0 saturated heterocycles. The third-order valence-corrected chi connectivity index (χ3v) is 2.11. The maximum Gasteiger partial charge on any atom is 0.133 e. The second-order valence-corrected chi connectivity index (χ2v) is 3.69. The number of benzene rings is 1. The van der Waals surface area contributed by atoms with E-state index in [1.165, 1.54) is 12.1 Å². The van der Waals surface area contributed by atoms with E-state index in [4.69, 9.17) is 9.47 Å². The average Bonchev–Trinajstić information content (AvgIpc) is 2.35. The maximum atomic E-state index is 10.3. The van der Waals surface area contributed by atoms with Gasteiger partial charge in [0.2, 0.25) is 0 Å². The standard InChI is InChI=1S/C12H17BO5/c1-2-8-16-9-3-10-17-11-4-6-12(7-5-11)18-13(14)15/h4-7H,2-3,8-10H2,1H3/q-2. The Bertz CT molecular complexity index is 315. The molecule has 0 aliphatic rings. The molecule has 1 rings (SSSR count). The smallest absolute Gasteiger partial charge is 0.133 e. The van der Waals surface area contributed by atoms with E-state index in [1.807, 2.05) is 0 Å². The van der Waals surface area contributed by atoms with Gasteiger partial charge < -0.3 is 24.2 Å². The zero-order valence-corrected chi connectivity index (χ0v) is 10.5. The van der Waals surface area contributed by atoms with Crippen molar-refractivity contribution in [2.75, 3.05) is 19.8 Å². The van der Waals surface area contributed by atoms with Crippen LogP contribution in [0.2, 0.25) is 0 Å². The number of ether oxygens (including phenoxy) is 2. The minimum atomic E-state index is -2.30. The lowest BCUT2D eigenvalue weighted by atomic mass is 10.2. The molecular formula is C12H17BO5-2. The zero-order chi connectivity index (χ0) is 13.2. The predicted molar refractivity (Wildman–Crippen MR) is 64.0 cm³/mol. The largest absolute Gasteiger partial charge is 0.860 e. The third kappa shape index (κ3) is 6.49. The molecule has 5 nitrogen and oxygen atoms in total. The van der Waals surface area contributed by atoms with Crippen LogP contribution in [-0.4, -0.2) is 27.1 Å². The molecule has 0 radical (unpaired) electrons. The van der Waals surface area contributed by atoms with Gasteiger partial charge in [-0.05, 0) is 30.7 Å². The van der Waals surface area contributed by atoms with Gasteiger partial charge in [-0.3, -0.25) is 0 Å². The first-order valence-electron chi connectivity index (χ1n) is 6.01. The van der Waals surface area contributed by atoms with E-state index in [0.29, 0.717) is 19.0 Å². The molecule has 18 heavy (non-hydrogen) atoms. The Morgan fingerprint density at radius 1 is 1.00 bits per heavy atom. The maximum absolute atomic E-state index is 10.3. The van der Waals surface area contributed by atoms with Gasteiger partial charge in [0.15, 0.2) is 0 Å². The van der Waals surface area contributed by atoms with E-state index in [2.05, 4.69) is 11.6 Å². The fourth-order valence-corrected chi connectivity index (χ4v) is 1.32. The van der Waals surface area contributed by atoms with Gasteiger partial charge in [-0.15, -0.1) is 0 Å². The molecule has 0 heterocycles. The Morgan fingerprint density at radius 2 is 1.67 bits per heavy atom. The van der Waals surface area contributed by atoms with Crippen LogP contribution in [-0.2, 0) is 4.74 Å². The molecule has 0 spiro atoms. The summed E-state index contributed by atoms with van der Waals surface area (Å²) in [4.78, 5) is 0. The van der Waals surface area contributed by atoms with Crippen molar-refractivity contribution in [3.8, 4) is 11.5 Å². The molecule has 0 N–H and O–H groups in total. The first-order valence-corrected chi connectivity index (χ1v) is 6.01. The molecule has 0 unspecified atom stereocenters. The minimum absolute atomic E-state index is 0.253. The Hall–Kier alpha value is -1.24. The van der Waals surface area contributed by atoms with E-state index in [9.17, 15) is 10.0 Å². The van der Waals surface area contributed by atoms with E-state index in [-0.39, 0.29) is 5.75 Å². The topological polar surface area (TPSA) is 73.8 Å². The highest BCUT2D eigenvalue weighted by molar-refractivity contribution is 6.29. The monoisotopic (exact) mass is 252 g/mol. The molecule has 0 aliphatic heterocycles. The SMILES string of the molecule is CCCOCCCOc1ccc(OB([O-])[O-])cc1. The van der Waals surface area contributed by atoms with Gasteiger partial charge in [0.05, 0.1) is 12.4 Å². The van der Waals surface area contributed by atoms with Crippen molar-refractivity contribution in [3.63, 3.8) is 0 Å². The Kier molecular flexibility index (Phi) is 7.25. The molecule has 100 valence electrons. The van der Waals surface area contributed by atoms with Gasteiger partial charge in [0.25, 0.3) is 0 Å². The molecule has 1 aromatic rings. The highest BCUT2D eigenvalue weighted by Gasteiger charge is 1.95. The number of rotatable bonds is 9. The molecule has 0 bridgehead atoms. The average molecular weight is 252 g/mol. The molecule has 0 amide bonds. The zero-order valence-electron chi connectivity index (χ0n) is 10.5. The van der Waals surface area contributed by atoms with Crippen LogP contribution in [0.5, 0.6) is 11.5 Å². The summed E-state index contributed by atoms with van der Waals surface area (Å²) in [6.45, 7) is 4.09. The predicted octanol–water partition coefficient (Wildman–Crippen LogP) is -0.0336. The van der Waals surface area contributed by atoms with Crippen LogP contribution in [0.4, 0.5) is 0 Å². The fraction of sp³-hybridized carbons (Fsp3) is 0.500. The second kappa shape index (κ2) is 8.80. The van der Waals surface area contributed by atoms with Crippen molar-refractivity contribution in [2.45, 2.75) is 19.8 Å². The summed E-state index contributed by atoms with van der Waals surface area (Å²) < 4.78 is 15.2. The normalized spacial score (nSPS) is 10.2. The van der Waals surface area contributed by atoms with Gasteiger partial charge >= 0.3 is 0 Å². The first kappa shape index (κ1) is 14.8. The summed E-state index contributed by atoms with van der Waals surface area (Å²) in [5, 5.41) is 20.5. The quantitative estimate of drug-likeness (QED) is 0.455. The first-order chi connectivity index (χ1) is 8.72. The van der Waals surface area contributed by atoms with Crippen LogP contribution >= 0.6 is 0 Å². The lowest BCUT2D eigenvalue weighted by Gasteiger charge is -2.26. The van der Waals surface area contributed by atoms with Crippen molar-refractivity contribution >= 4 is 7.32 Å². The summed E-state index contributed by atoms with van der Waals surface area (Å²) in [7, 11) is -2.30. The van der Waals surface area contributed by atoms with Crippen molar-refractivity contribution in [1.29, 1.82) is 0 Å². The molecular weight excluding hydrogens is 235 g/mol. The number of hydrogen-bond donors (Lipinski definition) is 0. The van der Waals surface area contributed by atoms with Crippen LogP contribution in [0.1, 0.15) is 19.8 Å². The van der Waals surface area contributed by atoms with Gasteiger partial charge in [-0.1, -0.05) is 6.92 Å². The van der Waals surface area contributed by atoms with E-state index in [0.717, 1.165) is 19.4 Å². The van der Waals surface area contributed by atoms with Crippen molar-refractivity contribution in [1.82, 2.24) is 0 Å². The van der Waals surface area contributed by atoms with Gasteiger partial charge in [0, 0.05) is 19.6 Å². The summed E-state index contributed by atoms with van der Waals surface area (Å²) in [5.41, 5.74) is 0. The highest BCUT2D eigenvalue weighted by atomic mass is 16.6. The molecule has 0 aliphatic carbocycles. The van der Waals surface area contributed by atoms with E-state index in [1.54, 1.807) is 12.1 Å². The van der Waals surface area contributed by atoms with E-state index >= 15 is 0 Å². The fourth-order valence-electron chi connectivity index (χ4n) is 1.32. The van der Waals surface area contributed by atoms with Crippen LogP contribution in [0.3, 0.4) is 0 Å². The molecule has 0 fully saturated rings. The summed E-state index contributed by atoms with van der Waals surface area (Å²) in [6, 6.07) is 6.38. The Morgan fingerprint density at radius 3 is 2.28 bits per heavy atom. The molecule has 0 saturated carbocycles. The third-order valence-electron chi connectivity index (χ3n) is 2.11. The lowest BCUT2D eigenvalue weighted by molar-refractivity contribution is -0.372. The minimum Gasteiger partial charge on any atom is -0.860 e.